The van der Waals surface area contributed by atoms with Crippen molar-refractivity contribution in [1.29, 1.82) is 0 Å². The van der Waals surface area contributed by atoms with Gasteiger partial charge in [-0.1, -0.05) is 212 Å². The zero-order chi connectivity index (χ0) is 43.8. The zero-order valence-electron chi connectivity index (χ0n) is 36.3. The molecule has 0 bridgehead atoms. The van der Waals surface area contributed by atoms with Crippen LogP contribution in [0.2, 0.25) is 0 Å². The molecule has 3 heteroatoms. The smallest absolute Gasteiger partial charge is 0.0736 e. The minimum Gasteiger partial charge on any atom is -0.309 e. The lowest BCUT2D eigenvalue weighted by Crippen LogP contribution is -2.32. The second-order valence-corrected chi connectivity index (χ2v) is 20.4. The second kappa shape index (κ2) is 14.0. The minimum atomic E-state index is -0.503. The molecule has 0 unspecified atom stereocenters. The van der Waals surface area contributed by atoms with Crippen LogP contribution in [0.25, 0.3) is 43.8 Å². The molecule has 15 rings (SSSR count). The number of rotatable bonds is 3. The number of fused-ring (bicyclic) bond motifs is 21. The van der Waals surface area contributed by atoms with E-state index in [0.29, 0.717) is 0 Å². The van der Waals surface area contributed by atoms with Crippen LogP contribution in [0.3, 0.4) is 0 Å². The molecule has 0 aromatic heterocycles. The zero-order valence-corrected chi connectivity index (χ0v) is 37.9. The van der Waals surface area contributed by atoms with Crippen molar-refractivity contribution in [3.63, 3.8) is 0 Å². The number of benzene rings is 11. The van der Waals surface area contributed by atoms with Crippen LogP contribution >= 0.6 is 23.5 Å². The van der Waals surface area contributed by atoms with Crippen LogP contribution in [0.15, 0.2) is 256 Å². The Kier molecular flexibility index (Phi) is 7.85. The maximum Gasteiger partial charge on any atom is 0.0736 e. The fourth-order valence-electron chi connectivity index (χ4n) is 12.7. The van der Waals surface area contributed by atoms with Gasteiger partial charge in [-0.15, -0.1) is 0 Å². The summed E-state index contributed by atoms with van der Waals surface area (Å²) in [4.78, 5) is 7.84. The number of hydrogen-bond acceptors (Lipinski definition) is 3. The first-order chi connectivity index (χ1) is 33.2. The highest BCUT2D eigenvalue weighted by molar-refractivity contribution is 7.99. The van der Waals surface area contributed by atoms with Crippen molar-refractivity contribution >= 4 is 62.1 Å². The molecule has 67 heavy (non-hydrogen) atoms. The van der Waals surface area contributed by atoms with Crippen molar-refractivity contribution in [2.75, 3.05) is 4.90 Å². The van der Waals surface area contributed by atoms with E-state index in [1.54, 1.807) is 0 Å². The molecule has 0 N–H and O–H groups in total. The molecule has 1 nitrogen and oxygen atoms in total. The maximum absolute atomic E-state index is 2.61. The molecule has 2 aliphatic carbocycles. The second-order valence-electron chi connectivity index (χ2n) is 18.2. The third-order valence-corrected chi connectivity index (χ3v) is 17.5. The molecule has 0 amide bonds. The summed E-state index contributed by atoms with van der Waals surface area (Å²) >= 11 is 3.79. The molecule has 312 valence electrons. The van der Waals surface area contributed by atoms with Crippen LogP contribution in [0.5, 0.6) is 0 Å². The summed E-state index contributed by atoms with van der Waals surface area (Å²) in [7, 11) is 0. The van der Waals surface area contributed by atoms with Crippen LogP contribution in [0.4, 0.5) is 17.1 Å². The first-order valence-electron chi connectivity index (χ1n) is 23.2. The molecule has 11 aromatic rings. The van der Waals surface area contributed by atoms with Gasteiger partial charge in [-0.3, -0.25) is 0 Å². The van der Waals surface area contributed by atoms with Gasteiger partial charge >= 0.3 is 0 Å². The van der Waals surface area contributed by atoms with Crippen molar-refractivity contribution in [2.45, 2.75) is 30.4 Å². The minimum absolute atomic E-state index is 0.503. The molecule has 0 atom stereocenters. The van der Waals surface area contributed by atoms with Gasteiger partial charge in [-0.25, -0.2) is 0 Å². The summed E-state index contributed by atoms with van der Waals surface area (Å²) in [6.07, 6.45) is 0. The summed E-state index contributed by atoms with van der Waals surface area (Å²) in [5.41, 5.74) is 18.2. The van der Waals surface area contributed by atoms with Crippen molar-refractivity contribution in [1.82, 2.24) is 0 Å². The molecule has 11 aromatic carbocycles. The number of anilines is 3. The van der Waals surface area contributed by atoms with Gasteiger partial charge < -0.3 is 4.90 Å². The van der Waals surface area contributed by atoms with Gasteiger partial charge in [0.1, 0.15) is 0 Å². The van der Waals surface area contributed by atoms with Crippen LogP contribution in [-0.2, 0) is 10.8 Å². The van der Waals surface area contributed by atoms with E-state index in [0.717, 1.165) is 5.69 Å². The van der Waals surface area contributed by atoms with Gasteiger partial charge in [-0.05, 0) is 126 Å². The molecule has 0 saturated heterocycles. The predicted molar refractivity (Wildman–Crippen MR) is 279 cm³/mol. The first kappa shape index (κ1) is 37.6. The largest absolute Gasteiger partial charge is 0.309 e. The molecule has 0 radical (unpaired) electrons. The molecule has 2 spiro atoms. The van der Waals surface area contributed by atoms with Gasteiger partial charge in [0.2, 0.25) is 0 Å². The third-order valence-electron chi connectivity index (χ3n) is 15.2. The lowest BCUT2D eigenvalue weighted by molar-refractivity contribution is 0.722. The van der Waals surface area contributed by atoms with E-state index in [4.69, 9.17) is 0 Å². The van der Waals surface area contributed by atoms with E-state index < -0.39 is 10.8 Å². The van der Waals surface area contributed by atoms with Gasteiger partial charge in [0.25, 0.3) is 0 Å². The van der Waals surface area contributed by atoms with Crippen molar-refractivity contribution in [3.05, 3.63) is 281 Å². The summed E-state index contributed by atoms with van der Waals surface area (Å²) < 4.78 is 0. The van der Waals surface area contributed by atoms with Gasteiger partial charge in [-0.2, -0.15) is 0 Å². The van der Waals surface area contributed by atoms with Crippen LogP contribution in [0, 0.1) is 0 Å². The monoisotopic (exact) mass is 885 g/mol. The molecule has 4 aliphatic rings. The maximum atomic E-state index is 2.61. The molecular weight excluding hydrogens is 847 g/mol. The molecule has 2 heterocycles. The lowest BCUT2D eigenvalue weighted by atomic mass is 9.67. The van der Waals surface area contributed by atoms with E-state index in [1.807, 2.05) is 23.5 Å². The average Bonchev–Trinajstić information content (AvgIpc) is 3.86. The van der Waals surface area contributed by atoms with E-state index in [-0.39, 0.29) is 0 Å². The highest BCUT2D eigenvalue weighted by atomic mass is 32.2. The molecular formula is C64H39NS2. The average molecular weight is 886 g/mol. The number of nitrogens with zero attached hydrogens (tertiary/aromatic N) is 1. The molecule has 0 fully saturated rings. The topological polar surface area (TPSA) is 3.24 Å². The van der Waals surface area contributed by atoms with Crippen LogP contribution < -0.4 is 4.90 Å². The van der Waals surface area contributed by atoms with Gasteiger partial charge in [0.15, 0.2) is 0 Å². The molecule has 0 saturated carbocycles. The fraction of sp³-hybridized carbons (Fsp3) is 0.0312. The summed E-state index contributed by atoms with van der Waals surface area (Å²) in [5.74, 6) is 0. The van der Waals surface area contributed by atoms with E-state index in [9.17, 15) is 0 Å². The Bertz CT molecular complexity index is 3630. The predicted octanol–water partition coefficient (Wildman–Crippen LogP) is 17.1. The van der Waals surface area contributed by atoms with Crippen molar-refractivity contribution in [2.24, 2.45) is 0 Å². The Balaban J connectivity index is 1.07. The van der Waals surface area contributed by atoms with Crippen LogP contribution in [-0.4, -0.2) is 0 Å². The Morgan fingerprint density at radius 2 is 0.672 bits per heavy atom. The highest BCUT2D eigenvalue weighted by Gasteiger charge is 2.53. The summed E-state index contributed by atoms with van der Waals surface area (Å²) in [5, 5.41) is 5.00. The lowest BCUT2D eigenvalue weighted by Gasteiger charge is -2.40. The first-order valence-corrected chi connectivity index (χ1v) is 24.8. The normalized spacial score (nSPS) is 14.7. The van der Waals surface area contributed by atoms with E-state index >= 15 is 0 Å². The van der Waals surface area contributed by atoms with E-state index in [2.05, 4.69) is 241 Å². The van der Waals surface area contributed by atoms with E-state index in [1.165, 1.54) is 119 Å². The van der Waals surface area contributed by atoms with Gasteiger partial charge in [0, 0.05) is 36.4 Å². The Morgan fingerprint density at radius 1 is 0.284 bits per heavy atom. The Labute approximate surface area is 398 Å². The summed E-state index contributed by atoms with van der Waals surface area (Å²) in [6, 6.07) is 89.6. The third kappa shape index (κ3) is 4.87. The SMILES string of the molecule is c1ccc2c(c1)Sc1ccccc1C21c2ccccc2-c2c(N(c3ccc4c(ccc5ccccc54)c3)c3cccc4c3-c3ccccc3C43c4ccccc4Sc4ccccc43)cccc21. The Hall–Kier alpha value is -7.56. The quantitative estimate of drug-likeness (QED) is 0.163. The standard InChI is InChI=1S/C64H39NS2/c1-2-18-43-40(17-1)35-36-41-39-42(37-38-44(41)43)65(55-29-15-27-53-61(55)45-19-3-5-21-47(45)63(53)49-23-7-11-31-57(49)66-58-32-12-8-24-50(58)63)56-30-16-28-54-62(56)46-20-4-6-22-48(46)64(54)51-25-9-13-33-59(51)67-60-34-14-10-26-52(60)64/h1-39H. The van der Waals surface area contributed by atoms with Crippen molar-refractivity contribution in [3.8, 4) is 22.3 Å². The van der Waals surface area contributed by atoms with Crippen molar-refractivity contribution < 1.29 is 0 Å². The molecule has 2 aliphatic heterocycles. The number of hydrogen-bond donors (Lipinski definition) is 0. The summed E-state index contributed by atoms with van der Waals surface area (Å²) in [6.45, 7) is 0. The highest BCUT2D eigenvalue weighted by Crippen LogP contribution is 2.67. The fourth-order valence-corrected chi connectivity index (χ4v) is 15.1. The Morgan fingerprint density at radius 3 is 1.18 bits per heavy atom. The van der Waals surface area contributed by atoms with Gasteiger partial charge in [0.05, 0.1) is 22.2 Å². The van der Waals surface area contributed by atoms with Crippen LogP contribution in [0.1, 0.15) is 44.5 Å².